The zero-order valence-corrected chi connectivity index (χ0v) is 10.8. The van der Waals surface area contributed by atoms with E-state index in [1.807, 2.05) is 29.5 Å². The van der Waals surface area contributed by atoms with Gasteiger partial charge in [0.25, 0.3) is 0 Å². The normalized spacial score (nSPS) is 9.87. The summed E-state index contributed by atoms with van der Waals surface area (Å²) in [4.78, 5) is 10.5. The molecule has 0 spiro atoms. The predicted octanol–water partition coefficient (Wildman–Crippen LogP) is 2.56. The molecule has 0 saturated carbocycles. The molecule has 0 bridgehead atoms. The fourth-order valence-corrected chi connectivity index (χ4v) is 1.94. The smallest absolute Gasteiger partial charge is 0.334 e. The summed E-state index contributed by atoms with van der Waals surface area (Å²) in [5, 5.41) is 13.7. The highest BCUT2D eigenvalue weighted by atomic mass is 127. The zero-order chi connectivity index (χ0) is 11.6. The average molecular weight is 322 g/mol. The number of aryl methyl sites for hydroxylation is 1. The van der Waals surface area contributed by atoms with E-state index in [1.165, 1.54) is 7.11 Å². The SMILES string of the molecule is CNc1cc(C)c(I)c(OC)c1[N+](=O)[O-]. The molecule has 0 saturated heterocycles. The minimum absolute atomic E-state index is 0.0185. The van der Waals surface area contributed by atoms with Crippen LogP contribution in [0.25, 0.3) is 0 Å². The fourth-order valence-electron chi connectivity index (χ4n) is 1.31. The Kier molecular flexibility index (Phi) is 3.72. The van der Waals surface area contributed by atoms with E-state index in [2.05, 4.69) is 5.32 Å². The molecule has 15 heavy (non-hydrogen) atoms. The highest BCUT2D eigenvalue weighted by molar-refractivity contribution is 14.1. The molecular formula is C9H11IN2O3. The molecule has 0 amide bonds. The van der Waals surface area contributed by atoms with E-state index in [-0.39, 0.29) is 5.69 Å². The molecule has 0 unspecified atom stereocenters. The first-order chi connectivity index (χ1) is 7.02. The molecule has 5 nitrogen and oxygen atoms in total. The van der Waals surface area contributed by atoms with Crippen molar-refractivity contribution in [2.75, 3.05) is 19.5 Å². The number of ether oxygens (including phenoxy) is 1. The summed E-state index contributed by atoms with van der Waals surface area (Å²) in [6.45, 7) is 1.88. The van der Waals surface area contributed by atoms with Crippen molar-refractivity contribution < 1.29 is 9.66 Å². The number of nitrogens with one attached hydrogen (secondary N) is 1. The van der Waals surface area contributed by atoms with Crippen molar-refractivity contribution >= 4 is 34.0 Å². The van der Waals surface area contributed by atoms with E-state index >= 15 is 0 Å². The number of methoxy groups -OCH3 is 1. The number of halogens is 1. The first-order valence-corrected chi connectivity index (χ1v) is 5.30. The van der Waals surface area contributed by atoms with E-state index in [9.17, 15) is 10.1 Å². The van der Waals surface area contributed by atoms with Gasteiger partial charge in [0.05, 0.1) is 15.6 Å². The largest absolute Gasteiger partial charge is 0.489 e. The number of nitro groups is 1. The van der Waals surface area contributed by atoms with Gasteiger partial charge in [-0.2, -0.15) is 0 Å². The Morgan fingerprint density at radius 2 is 2.20 bits per heavy atom. The van der Waals surface area contributed by atoms with Gasteiger partial charge >= 0.3 is 5.69 Å². The first-order valence-electron chi connectivity index (χ1n) is 4.22. The van der Waals surface area contributed by atoms with Gasteiger partial charge in [0.15, 0.2) is 0 Å². The van der Waals surface area contributed by atoms with Crippen molar-refractivity contribution in [3.05, 3.63) is 25.3 Å². The number of anilines is 1. The van der Waals surface area contributed by atoms with Crippen LogP contribution in [0.4, 0.5) is 11.4 Å². The Bertz CT molecular complexity index is 407. The standard InChI is InChI=1S/C9H11IN2O3/c1-5-4-6(11-2)8(12(13)14)9(15-3)7(5)10/h4,11H,1-3H3. The molecule has 0 atom stereocenters. The average Bonchev–Trinajstić information content (AvgIpc) is 2.20. The van der Waals surface area contributed by atoms with Gasteiger partial charge < -0.3 is 10.1 Å². The van der Waals surface area contributed by atoms with Crippen LogP contribution in [0, 0.1) is 20.6 Å². The Balaban J connectivity index is 3.56. The lowest BCUT2D eigenvalue weighted by Crippen LogP contribution is -2.02. The highest BCUT2D eigenvalue weighted by Crippen LogP contribution is 2.40. The van der Waals surface area contributed by atoms with Crippen LogP contribution in [0.15, 0.2) is 6.07 Å². The Morgan fingerprint density at radius 3 is 2.60 bits per heavy atom. The summed E-state index contributed by atoms with van der Waals surface area (Å²) < 4.78 is 5.84. The molecule has 82 valence electrons. The molecule has 0 aliphatic heterocycles. The lowest BCUT2D eigenvalue weighted by Gasteiger charge is -2.10. The predicted molar refractivity (Wildman–Crippen MR) is 66.6 cm³/mol. The summed E-state index contributed by atoms with van der Waals surface area (Å²) in [7, 11) is 3.08. The number of rotatable bonds is 3. The number of hydrogen-bond acceptors (Lipinski definition) is 4. The van der Waals surface area contributed by atoms with Gasteiger partial charge in [0.1, 0.15) is 5.69 Å². The molecule has 0 aliphatic carbocycles. The van der Waals surface area contributed by atoms with Crippen molar-refractivity contribution in [3.8, 4) is 5.75 Å². The monoisotopic (exact) mass is 322 g/mol. The lowest BCUT2D eigenvalue weighted by atomic mass is 10.1. The second-order valence-corrected chi connectivity index (χ2v) is 4.02. The van der Waals surface area contributed by atoms with Crippen LogP contribution >= 0.6 is 22.6 Å². The van der Waals surface area contributed by atoms with Crippen LogP contribution in [0.2, 0.25) is 0 Å². The summed E-state index contributed by atoms with van der Waals surface area (Å²) in [6.07, 6.45) is 0. The zero-order valence-electron chi connectivity index (χ0n) is 8.63. The van der Waals surface area contributed by atoms with Crippen molar-refractivity contribution in [1.29, 1.82) is 0 Å². The summed E-state index contributed by atoms with van der Waals surface area (Å²) in [5.74, 6) is 0.310. The van der Waals surface area contributed by atoms with E-state index in [4.69, 9.17) is 4.74 Å². The van der Waals surface area contributed by atoms with Gasteiger partial charge in [0, 0.05) is 7.05 Å². The van der Waals surface area contributed by atoms with Crippen molar-refractivity contribution in [1.82, 2.24) is 0 Å². The summed E-state index contributed by atoms with van der Waals surface area (Å²) >= 11 is 2.04. The second-order valence-electron chi connectivity index (χ2n) is 2.94. The van der Waals surface area contributed by atoms with E-state index in [0.717, 1.165) is 9.13 Å². The maximum Gasteiger partial charge on any atom is 0.334 e. The van der Waals surface area contributed by atoms with Crippen LogP contribution in [-0.4, -0.2) is 19.1 Å². The number of hydrogen-bond donors (Lipinski definition) is 1. The molecule has 1 rings (SSSR count). The third kappa shape index (κ3) is 2.14. The number of nitro benzene ring substituents is 1. The third-order valence-electron chi connectivity index (χ3n) is 2.03. The van der Waals surface area contributed by atoms with Crippen LogP contribution in [0.5, 0.6) is 5.75 Å². The minimum Gasteiger partial charge on any atom is -0.489 e. The molecule has 0 heterocycles. The Morgan fingerprint density at radius 1 is 1.60 bits per heavy atom. The van der Waals surface area contributed by atoms with Crippen molar-refractivity contribution in [2.45, 2.75) is 6.92 Å². The summed E-state index contributed by atoms with van der Waals surface area (Å²) in [6, 6.07) is 1.74. The topological polar surface area (TPSA) is 64.4 Å². The molecule has 1 N–H and O–H groups in total. The molecule has 0 radical (unpaired) electrons. The minimum atomic E-state index is -0.438. The molecular weight excluding hydrogens is 311 g/mol. The van der Waals surface area contributed by atoms with Crippen LogP contribution in [0.1, 0.15) is 5.56 Å². The van der Waals surface area contributed by atoms with Crippen molar-refractivity contribution in [2.24, 2.45) is 0 Å². The van der Waals surface area contributed by atoms with Gasteiger partial charge in [-0.15, -0.1) is 0 Å². The molecule has 1 aromatic rings. The van der Waals surface area contributed by atoms with E-state index in [0.29, 0.717) is 11.4 Å². The third-order valence-corrected chi connectivity index (χ3v) is 3.37. The molecule has 6 heteroatoms. The van der Waals surface area contributed by atoms with Crippen LogP contribution in [0.3, 0.4) is 0 Å². The molecule has 0 aliphatic rings. The lowest BCUT2D eigenvalue weighted by molar-refractivity contribution is -0.384. The quantitative estimate of drug-likeness (QED) is 0.528. The van der Waals surface area contributed by atoms with E-state index < -0.39 is 4.92 Å². The maximum absolute atomic E-state index is 10.9. The van der Waals surface area contributed by atoms with E-state index in [1.54, 1.807) is 13.1 Å². The second kappa shape index (κ2) is 4.65. The van der Waals surface area contributed by atoms with Crippen molar-refractivity contribution in [3.63, 3.8) is 0 Å². The highest BCUT2D eigenvalue weighted by Gasteiger charge is 2.24. The van der Waals surface area contributed by atoms with Gasteiger partial charge in [-0.05, 0) is 41.1 Å². The van der Waals surface area contributed by atoms with Gasteiger partial charge in [0.2, 0.25) is 5.75 Å². The van der Waals surface area contributed by atoms with Gasteiger partial charge in [-0.25, -0.2) is 0 Å². The fraction of sp³-hybridized carbons (Fsp3) is 0.333. The van der Waals surface area contributed by atoms with Gasteiger partial charge in [-0.1, -0.05) is 0 Å². The van der Waals surface area contributed by atoms with Crippen LogP contribution in [-0.2, 0) is 0 Å². The number of nitrogens with zero attached hydrogens (tertiary/aromatic N) is 1. The molecule has 0 aromatic heterocycles. The number of benzene rings is 1. The van der Waals surface area contributed by atoms with Crippen LogP contribution < -0.4 is 10.1 Å². The Labute approximate surface area is 101 Å². The molecule has 0 fully saturated rings. The first kappa shape index (κ1) is 12.0. The summed E-state index contributed by atoms with van der Waals surface area (Å²) in [5.41, 5.74) is 1.40. The van der Waals surface area contributed by atoms with Gasteiger partial charge in [-0.3, -0.25) is 10.1 Å². The Hall–Kier alpha value is -1.05. The maximum atomic E-state index is 10.9. The molecule has 1 aromatic carbocycles.